The topological polar surface area (TPSA) is 29.9 Å². The zero-order valence-electron chi connectivity index (χ0n) is 11.0. The van der Waals surface area contributed by atoms with Crippen molar-refractivity contribution in [1.29, 1.82) is 0 Å². The highest BCUT2D eigenvalue weighted by molar-refractivity contribution is 5.18. The molecule has 0 amide bonds. The molecule has 5 heteroatoms. The predicted octanol–water partition coefficient (Wildman–Crippen LogP) is 2.71. The molecule has 3 nitrogen and oxygen atoms in total. The van der Waals surface area contributed by atoms with Gasteiger partial charge >= 0.3 is 0 Å². The molecule has 0 saturated heterocycles. The molecule has 0 aliphatic carbocycles. The molecule has 0 unspecified atom stereocenters. The second-order valence-corrected chi connectivity index (χ2v) is 4.86. The van der Waals surface area contributed by atoms with Crippen molar-refractivity contribution in [2.45, 2.75) is 33.0 Å². The van der Waals surface area contributed by atoms with E-state index >= 15 is 0 Å². The van der Waals surface area contributed by atoms with Crippen LogP contribution in [-0.2, 0) is 13.1 Å². The van der Waals surface area contributed by atoms with Gasteiger partial charge in [0.2, 0.25) is 0 Å². The summed E-state index contributed by atoms with van der Waals surface area (Å²) in [5, 5.41) is 7.46. The number of hydrogen-bond acceptors (Lipinski definition) is 2. The first-order chi connectivity index (χ1) is 9.02. The Morgan fingerprint density at radius 3 is 2.47 bits per heavy atom. The molecule has 1 heterocycles. The molecule has 2 aromatic rings. The minimum absolute atomic E-state index is 0.357. The lowest BCUT2D eigenvalue weighted by Gasteiger charge is -2.05. The molecule has 102 valence electrons. The molecular formula is C14H17F2N3. The number of nitrogens with zero attached hydrogens (tertiary/aromatic N) is 2. The van der Waals surface area contributed by atoms with E-state index in [0.29, 0.717) is 18.2 Å². The van der Waals surface area contributed by atoms with Crippen LogP contribution in [0.25, 0.3) is 0 Å². The third-order valence-electron chi connectivity index (χ3n) is 2.67. The van der Waals surface area contributed by atoms with Gasteiger partial charge < -0.3 is 5.32 Å². The maximum atomic E-state index is 13.1. The van der Waals surface area contributed by atoms with Crippen LogP contribution >= 0.6 is 0 Å². The second-order valence-electron chi connectivity index (χ2n) is 4.86. The first kappa shape index (κ1) is 13.7. The Labute approximate surface area is 111 Å². The van der Waals surface area contributed by atoms with Gasteiger partial charge in [-0.15, -0.1) is 0 Å². The third-order valence-corrected chi connectivity index (χ3v) is 2.67. The van der Waals surface area contributed by atoms with Crippen LogP contribution in [0.1, 0.15) is 25.0 Å². The van der Waals surface area contributed by atoms with E-state index in [1.165, 1.54) is 12.1 Å². The quantitative estimate of drug-likeness (QED) is 0.900. The van der Waals surface area contributed by atoms with Crippen LogP contribution in [0.4, 0.5) is 8.78 Å². The maximum absolute atomic E-state index is 13.1. The minimum Gasteiger partial charge on any atom is -0.310 e. The highest BCUT2D eigenvalue weighted by Crippen LogP contribution is 2.10. The Morgan fingerprint density at radius 1 is 1.16 bits per heavy atom. The zero-order chi connectivity index (χ0) is 13.8. The lowest BCUT2D eigenvalue weighted by Crippen LogP contribution is -2.21. The van der Waals surface area contributed by atoms with Gasteiger partial charge in [-0.1, -0.05) is 13.8 Å². The van der Waals surface area contributed by atoms with Crippen LogP contribution in [0.3, 0.4) is 0 Å². The Bertz CT molecular complexity index is 529. The van der Waals surface area contributed by atoms with E-state index in [1.54, 1.807) is 10.9 Å². The van der Waals surface area contributed by atoms with E-state index in [-0.39, 0.29) is 0 Å². The number of nitrogens with one attached hydrogen (secondary N) is 1. The van der Waals surface area contributed by atoms with Gasteiger partial charge in [0.05, 0.1) is 12.7 Å². The maximum Gasteiger partial charge on any atom is 0.126 e. The molecule has 0 atom stereocenters. The first-order valence-electron chi connectivity index (χ1n) is 6.22. The van der Waals surface area contributed by atoms with Gasteiger partial charge in [-0.25, -0.2) is 8.78 Å². The zero-order valence-corrected chi connectivity index (χ0v) is 11.0. The molecule has 1 aromatic heterocycles. The largest absolute Gasteiger partial charge is 0.310 e. The number of benzene rings is 1. The molecule has 2 rings (SSSR count). The average molecular weight is 265 g/mol. The highest BCUT2D eigenvalue weighted by atomic mass is 19.1. The molecule has 0 bridgehead atoms. The van der Waals surface area contributed by atoms with Gasteiger partial charge in [0, 0.05) is 30.4 Å². The molecule has 1 N–H and O–H groups in total. The minimum atomic E-state index is -0.566. The predicted molar refractivity (Wildman–Crippen MR) is 69.7 cm³/mol. The van der Waals surface area contributed by atoms with E-state index in [0.717, 1.165) is 18.2 Å². The van der Waals surface area contributed by atoms with Gasteiger partial charge in [-0.2, -0.15) is 5.10 Å². The summed E-state index contributed by atoms with van der Waals surface area (Å²) in [6.45, 7) is 5.23. The summed E-state index contributed by atoms with van der Waals surface area (Å²) >= 11 is 0. The second kappa shape index (κ2) is 5.93. The van der Waals surface area contributed by atoms with E-state index in [4.69, 9.17) is 0 Å². The number of aromatic nitrogens is 2. The van der Waals surface area contributed by atoms with Crippen LogP contribution in [-0.4, -0.2) is 15.8 Å². The summed E-state index contributed by atoms with van der Waals surface area (Å²) in [7, 11) is 0. The fourth-order valence-electron chi connectivity index (χ4n) is 1.80. The number of halogens is 2. The summed E-state index contributed by atoms with van der Waals surface area (Å²) in [5.41, 5.74) is 1.61. The third kappa shape index (κ3) is 4.13. The van der Waals surface area contributed by atoms with Crippen molar-refractivity contribution in [3.8, 4) is 0 Å². The monoisotopic (exact) mass is 265 g/mol. The summed E-state index contributed by atoms with van der Waals surface area (Å²) in [6, 6.07) is 3.90. The van der Waals surface area contributed by atoms with Crippen molar-refractivity contribution in [1.82, 2.24) is 15.1 Å². The molecule has 1 aromatic carbocycles. The summed E-state index contributed by atoms with van der Waals surface area (Å²) in [4.78, 5) is 0. The van der Waals surface area contributed by atoms with Gasteiger partial charge in [-0.05, 0) is 17.7 Å². The summed E-state index contributed by atoms with van der Waals surface area (Å²) in [6.07, 6.45) is 3.63. The van der Waals surface area contributed by atoms with Crippen molar-refractivity contribution in [3.05, 3.63) is 53.4 Å². The van der Waals surface area contributed by atoms with Gasteiger partial charge in [0.1, 0.15) is 11.6 Å². The Hall–Kier alpha value is -1.75. The lowest BCUT2D eigenvalue weighted by atomic mass is 10.2. The highest BCUT2D eigenvalue weighted by Gasteiger charge is 2.04. The van der Waals surface area contributed by atoms with Gasteiger partial charge in [0.15, 0.2) is 0 Å². The molecular weight excluding hydrogens is 248 g/mol. The van der Waals surface area contributed by atoms with Crippen molar-refractivity contribution >= 4 is 0 Å². The average Bonchev–Trinajstić information content (AvgIpc) is 2.72. The molecule has 0 radical (unpaired) electrons. The summed E-state index contributed by atoms with van der Waals surface area (Å²) < 4.78 is 27.8. The fourth-order valence-corrected chi connectivity index (χ4v) is 1.80. The standard InChI is InChI=1S/C14H17F2N3/c1-10(2)17-6-12-7-18-19(9-12)8-11-3-13(15)5-14(16)4-11/h3-5,7,9-10,17H,6,8H2,1-2H3. The van der Waals surface area contributed by atoms with E-state index in [1.807, 2.05) is 6.20 Å². The van der Waals surface area contributed by atoms with Crippen LogP contribution in [0.15, 0.2) is 30.6 Å². The van der Waals surface area contributed by atoms with Crippen molar-refractivity contribution < 1.29 is 8.78 Å². The smallest absolute Gasteiger partial charge is 0.126 e. The molecule has 0 saturated carbocycles. The van der Waals surface area contributed by atoms with Crippen molar-refractivity contribution in [2.75, 3.05) is 0 Å². The normalized spacial score (nSPS) is 11.2. The molecule has 0 aliphatic rings. The first-order valence-corrected chi connectivity index (χ1v) is 6.22. The molecule has 0 aliphatic heterocycles. The van der Waals surface area contributed by atoms with Crippen molar-refractivity contribution in [3.63, 3.8) is 0 Å². The fraction of sp³-hybridized carbons (Fsp3) is 0.357. The SMILES string of the molecule is CC(C)NCc1cnn(Cc2cc(F)cc(F)c2)c1. The Balaban J connectivity index is 2.03. The lowest BCUT2D eigenvalue weighted by molar-refractivity contribution is 0.574. The molecule has 0 spiro atoms. The van der Waals surface area contributed by atoms with E-state index < -0.39 is 11.6 Å². The molecule has 19 heavy (non-hydrogen) atoms. The van der Waals surface area contributed by atoms with E-state index in [2.05, 4.69) is 24.3 Å². The summed E-state index contributed by atoms with van der Waals surface area (Å²) in [5.74, 6) is -1.13. The van der Waals surface area contributed by atoms with Crippen LogP contribution in [0.5, 0.6) is 0 Å². The van der Waals surface area contributed by atoms with E-state index in [9.17, 15) is 8.78 Å². The van der Waals surface area contributed by atoms with Gasteiger partial charge in [-0.3, -0.25) is 4.68 Å². The number of hydrogen-bond donors (Lipinski definition) is 1. The molecule has 0 fully saturated rings. The Morgan fingerprint density at radius 2 is 1.84 bits per heavy atom. The number of rotatable bonds is 5. The van der Waals surface area contributed by atoms with Crippen LogP contribution < -0.4 is 5.32 Å². The van der Waals surface area contributed by atoms with Crippen LogP contribution in [0.2, 0.25) is 0 Å². The Kier molecular flexibility index (Phi) is 4.27. The van der Waals surface area contributed by atoms with Crippen LogP contribution in [0, 0.1) is 11.6 Å². The van der Waals surface area contributed by atoms with Gasteiger partial charge in [0.25, 0.3) is 0 Å². The van der Waals surface area contributed by atoms with Crippen molar-refractivity contribution in [2.24, 2.45) is 0 Å².